The van der Waals surface area contributed by atoms with Crippen LogP contribution in [0.25, 0.3) is 11.6 Å². The van der Waals surface area contributed by atoms with E-state index in [9.17, 15) is 9.65 Å². The van der Waals surface area contributed by atoms with Crippen LogP contribution in [0, 0.1) is 17.1 Å². The summed E-state index contributed by atoms with van der Waals surface area (Å²) in [5.41, 5.74) is 1.37. The maximum atomic E-state index is 13.7. The largest absolute Gasteiger partial charge is 0.497 e. The molecule has 0 amide bonds. The smallest absolute Gasteiger partial charge is 0.131 e. The van der Waals surface area contributed by atoms with Gasteiger partial charge in [0, 0.05) is 5.56 Å². The van der Waals surface area contributed by atoms with Crippen LogP contribution < -0.4 is 4.74 Å². The molecule has 0 spiro atoms. The fraction of sp³-hybridized carbons (Fsp3) is 0.0625. The molecule has 0 N–H and O–H groups in total. The number of halogens is 1. The van der Waals surface area contributed by atoms with Gasteiger partial charge in [-0.1, -0.05) is 30.3 Å². The Morgan fingerprint density at radius 2 is 2.00 bits per heavy atom. The van der Waals surface area contributed by atoms with Crippen molar-refractivity contribution in [2.24, 2.45) is 0 Å². The van der Waals surface area contributed by atoms with Crippen molar-refractivity contribution in [2.45, 2.75) is 0 Å². The molecular weight excluding hydrogens is 241 g/mol. The molecule has 0 aliphatic carbocycles. The first kappa shape index (κ1) is 12.8. The highest BCUT2D eigenvalue weighted by Gasteiger charge is 2.06. The van der Waals surface area contributed by atoms with Gasteiger partial charge in [0.25, 0.3) is 0 Å². The maximum absolute atomic E-state index is 13.7. The molecule has 0 fully saturated rings. The third-order valence-corrected chi connectivity index (χ3v) is 2.69. The van der Waals surface area contributed by atoms with E-state index in [1.54, 1.807) is 37.5 Å². The van der Waals surface area contributed by atoms with Gasteiger partial charge in [-0.3, -0.25) is 0 Å². The Labute approximate surface area is 111 Å². The topological polar surface area (TPSA) is 33.0 Å². The average Bonchev–Trinajstić information content (AvgIpc) is 2.46. The third-order valence-electron chi connectivity index (χ3n) is 2.69. The normalized spacial score (nSPS) is 10.9. The number of rotatable bonds is 3. The Bertz CT molecular complexity index is 656. The lowest BCUT2D eigenvalue weighted by atomic mass is 10.0. The van der Waals surface area contributed by atoms with E-state index in [4.69, 9.17) is 4.74 Å². The number of hydrogen-bond acceptors (Lipinski definition) is 2. The van der Waals surface area contributed by atoms with Gasteiger partial charge in [-0.05, 0) is 29.8 Å². The van der Waals surface area contributed by atoms with E-state index in [-0.39, 0.29) is 5.57 Å². The standard InChI is InChI=1S/C16H12FNO/c1-19-14-6-4-5-12(10-14)9-13(11-18)15-7-2-3-8-16(15)17/h2-10H,1H3/b13-9-. The first-order chi connectivity index (χ1) is 9.24. The summed E-state index contributed by atoms with van der Waals surface area (Å²) in [7, 11) is 1.57. The van der Waals surface area contributed by atoms with E-state index < -0.39 is 5.82 Å². The first-order valence-electron chi connectivity index (χ1n) is 5.75. The van der Waals surface area contributed by atoms with Crippen LogP contribution in [-0.2, 0) is 0 Å². The lowest BCUT2D eigenvalue weighted by Crippen LogP contribution is -1.88. The predicted molar refractivity (Wildman–Crippen MR) is 72.9 cm³/mol. The second kappa shape index (κ2) is 5.83. The highest BCUT2D eigenvalue weighted by molar-refractivity contribution is 5.89. The number of nitrogens with zero attached hydrogens (tertiary/aromatic N) is 1. The molecule has 19 heavy (non-hydrogen) atoms. The molecule has 0 heterocycles. The molecule has 0 aliphatic heterocycles. The van der Waals surface area contributed by atoms with Gasteiger partial charge in [-0.2, -0.15) is 5.26 Å². The molecule has 3 heteroatoms. The van der Waals surface area contributed by atoms with Gasteiger partial charge >= 0.3 is 0 Å². The zero-order valence-electron chi connectivity index (χ0n) is 10.4. The summed E-state index contributed by atoms with van der Waals surface area (Å²) in [4.78, 5) is 0. The highest BCUT2D eigenvalue weighted by Crippen LogP contribution is 2.22. The number of ether oxygens (including phenoxy) is 1. The Balaban J connectivity index is 2.45. The molecule has 0 atom stereocenters. The number of hydrogen-bond donors (Lipinski definition) is 0. The molecule has 0 radical (unpaired) electrons. The fourth-order valence-electron chi connectivity index (χ4n) is 1.75. The average molecular weight is 253 g/mol. The van der Waals surface area contributed by atoms with Crippen molar-refractivity contribution >= 4 is 11.6 Å². The minimum Gasteiger partial charge on any atom is -0.497 e. The molecule has 0 saturated carbocycles. The number of methoxy groups -OCH3 is 1. The van der Waals surface area contributed by atoms with Gasteiger partial charge < -0.3 is 4.74 Å². The molecule has 0 saturated heterocycles. The van der Waals surface area contributed by atoms with Crippen LogP contribution in [0.15, 0.2) is 48.5 Å². The molecule has 2 aromatic rings. The SMILES string of the molecule is COc1cccc(/C=C(/C#N)c2ccccc2F)c1. The van der Waals surface area contributed by atoms with Crippen molar-refractivity contribution in [3.05, 3.63) is 65.5 Å². The molecule has 0 aliphatic rings. The van der Waals surface area contributed by atoms with Crippen LogP contribution in [0.1, 0.15) is 11.1 Å². The van der Waals surface area contributed by atoms with E-state index >= 15 is 0 Å². The number of benzene rings is 2. The maximum Gasteiger partial charge on any atom is 0.131 e. The Kier molecular flexibility index (Phi) is 3.94. The summed E-state index contributed by atoms with van der Waals surface area (Å²) in [5, 5.41) is 9.18. The molecule has 2 nitrogen and oxygen atoms in total. The third kappa shape index (κ3) is 2.99. The van der Waals surface area contributed by atoms with E-state index in [1.165, 1.54) is 6.07 Å². The summed E-state index contributed by atoms with van der Waals surface area (Å²) in [6.07, 6.45) is 1.64. The summed E-state index contributed by atoms with van der Waals surface area (Å²) in [6.45, 7) is 0. The van der Waals surface area contributed by atoms with Crippen LogP contribution in [0.3, 0.4) is 0 Å². The predicted octanol–water partition coefficient (Wildman–Crippen LogP) is 3.90. The lowest BCUT2D eigenvalue weighted by molar-refractivity contribution is 0.414. The highest BCUT2D eigenvalue weighted by atomic mass is 19.1. The van der Waals surface area contributed by atoms with Gasteiger partial charge in [0.15, 0.2) is 0 Å². The van der Waals surface area contributed by atoms with Gasteiger partial charge in [-0.25, -0.2) is 4.39 Å². The van der Waals surface area contributed by atoms with Gasteiger partial charge in [-0.15, -0.1) is 0 Å². The van der Waals surface area contributed by atoms with Gasteiger partial charge in [0.2, 0.25) is 0 Å². The lowest BCUT2D eigenvalue weighted by Gasteiger charge is -2.03. The molecule has 0 bridgehead atoms. The van der Waals surface area contributed by atoms with Crippen LogP contribution in [-0.4, -0.2) is 7.11 Å². The second-order valence-electron chi connectivity index (χ2n) is 3.93. The zero-order chi connectivity index (χ0) is 13.7. The van der Waals surface area contributed by atoms with Crippen molar-refractivity contribution in [2.75, 3.05) is 7.11 Å². The monoisotopic (exact) mass is 253 g/mol. The van der Waals surface area contributed by atoms with Crippen LogP contribution >= 0.6 is 0 Å². The van der Waals surface area contributed by atoms with Gasteiger partial charge in [0.05, 0.1) is 18.8 Å². The van der Waals surface area contributed by atoms with E-state index in [0.717, 1.165) is 5.56 Å². The molecule has 0 unspecified atom stereocenters. The minimum absolute atomic E-state index is 0.284. The van der Waals surface area contributed by atoms with Crippen molar-refractivity contribution in [3.63, 3.8) is 0 Å². The van der Waals surface area contributed by atoms with Crippen LogP contribution in [0.5, 0.6) is 5.75 Å². The van der Waals surface area contributed by atoms with Crippen LogP contribution in [0.4, 0.5) is 4.39 Å². The fourth-order valence-corrected chi connectivity index (χ4v) is 1.75. The summed E-state index contributed by atoms with van der Waals surface area (Å²) in [5.74, 6) is 0.290. The first-order valence-corrected chi connectivity index (χ1v) is 5.75. The Morgan fingerprint density at radius 3 is 2.68 bits per heavy atom. The number of nitriles is 1. The second-order valence-corrected chi connectivity index (χ2v) is 3.93. The molecule has 2 aromatic carbocycles. The number of allylic oxidation sites excluding steroid dienone is 1. The molecule has 94 valence electrons. The summed E-state index contributed by atoms with van der Waals surface area (Å²) >= 11 is 0. The van der Waals surface area contributed by atoms with Crippen LogP contribution in [0.2, 0.25) is 0 Å². The molecule has 0 aromatic heterocycles. The van der Waals surface area contributed by atoms with Gasteiger partial charge in [0.1, 0.15) is 11.6 Å². The minimum atomic E-state index is -0.404. The van der Waals surface area contributed by atoms with Crippen molar-refractivity contribution in [1.29, 1.82) is 5.26 Å². The van der Waals surface area contributed by atoms with Crippen molar-refractivity contribution < 1.29 is 9.13 Å². The zero-order valence-corrected chi connectivity index (χ0v) is 10.4. The Hall–Kier alpha value is -2.60. The molecule has 2 rings (SSSR count). The quantitative estimate of drug-likeness (QED) is 0.614. The van der Waals surface area contributed by atoms with E-state index in [0.29, 0.717) is 11.3 Å². The Morgan fingerprint density at radius 1 is 1.21 bits per heavy atom. The molecular formula is C16H12FNO. The van der Waals surface area contributed by atoms with E-state index in [2.05, 4.69) is 0 Å². The summed E-state index contributed by atoms with van der Waals surface area (Å²) < 4.78 is 18.8. The summed E-state index contributed by atoms with van der Waals surface area (Å²) in [6, 6.07) is 15.5. The van der Waals surface area contributed by atoms with Crippen molar-refractivity contribution in [1.82, 2.24) is 0 Å². The van der Waals surface area contributed by atoms with E-state index in [1.807, 2.05) is 24.3 Å². The van der Waals surface area contributed by atoms with Crippen molar-refractivity contribution in [3.8, 4) is 11.8 Å².